The Kier molecular flexibility index (Phi) is 3.54. The molecule has 1 aliphatic rings. The van der Waals surface area contributed by atoms with Crippen LogP contribution in [-0.2, 0) is 0 Å². The number of rotatable bonds is 2. The largest absolute Gasteiger partial charge is 0.341 e. The van der Waals surface area contributed by atoms with Crippen molar-refractivity contribution < 1.29 is 0 Å². The zero-order valence-electron chi connectivity index (χ0n) is 10.0. The highest BCUT2D eigenvalue weighted by Gasteiger charge is 2.23. The molecule has 3 rings (SSSR count). The molecule has 2 aromatic heterocycles. The fraction of sp³-hybridized carbons (Fsp3) is 0.462. The van der Waals surface area contributed by atoms with Gasteiger partial charge in [0.2, 0.25) is 0 Å². The molecule has 0 amide bonds. The topological polar surface area (TPSA) is 54.7 Å². The molecule has 18 heavy (non-hydrogen) atoms. The Morgan fingerprint density at radius 3 is 3.00 bits per heavy atom. The number of nitrogens with two attached hydrogens (primary N) is 1. The van der Waals surface area contributed by atoms with Gasteiger partial charge in [-0.1, -0.05) is 6.42 Å². The summed E-state index contributed by atoms with van der Waals surface area (Å²) in [5.74, 6) is 1.61. The van der Waals surface area contributed by atoms with Crippen molar-refractivity contribution >= 4 is 27.3 Å². The molecule has 1 aliphatic carbocycles. The first kappa shape index (κ1) is 12.4. The van der Waals surface area contributed by atoms with E-state index in [1.807, 2.05) is 6.20 Å². The van der Waals surface area contributed by atoms with Gasteiger partial charge in [0.15, 0.2) is 0 Å². The molecule has 0 radical (unpaired) electrons. The average Bonchev–Trinajstić information content (AvgIpc) is 2.97. The van der Waals surface area contributed by atoms with E-state index < -0.39 is 0 Å². The fourth-order valence-electron chi connectivity index (χ4n) is 2.60. The van der Waals surface area contributed by atoms with Crippen LogP contribution in [0.5, 0.6) is 0 Å². The van der Waals surface area contributed by atoms with E-state index in [4.69, 9.17) is 5.73 Å². The summed E-state index contributed by atoms with van der Waals surface area (Å²) in [7, 11) is 0. The van der Waals surface area contributed by atoms with Crippen LogP contribution in [0.2, 0.25) is 0 Å². The number of nitrogens with zero attached hydrogens (tertiary/aromatic N) is 1. The minimum absolute atomic E-state index is 0.341. The maximum atomic E-state index is 6.04. The van der Waals surface area contributed by atoms with Crippen molar-refractivity contribution in [3.05, 3.63) is 27.9 Å². The Hall–Kier alpha value is -0.650. The van der Waals surface area contributed by atoms with Crippen molar-refractivity contribution in [3.8, 4) is 10.6 Å². The van der Waals surface area contributed by atoms with Gasteiger partial charge in [0.1, 0.15) is 5.82 Å². The third kappa shape index (κ3) is 2.53. The van der Waals surface area contributed by atoms with Crippen LogP contribution in [0.15, 0.2) is 22.1 Å². The molecule has 3 N–H and O–H groups in total. The normalized spacial score (nSPS) is 24.3. The van der Waals surface area contributed by atoms with Crippen LogP contribution in [0.25, 0.3) is 10.6 Å². The maximum absolute atomic E-state index is 6.04. The van der Waals surface area contributed by atoms with Gasteiger partial charge in [-0.25, -0.2) is 4.98 Å². The molecule has 2 aromatic rings. The van der Waals surface area contributed by atoms with E-state index in [1.165, 1.54) is 17.7 Å². The first-order chi connectivity index (χ1) is 8.72. The number of hydrogen-bond acceptors (Lipinski definition) is 3. The molecule has 2 unspecified atom stereocenters. The lowest BCUT2D eigenvalue weighted by molar-refractivity contribution is 0.383. The van der Waals surface area contributed by atoms with Gasteiger partial charge in [-0.2, -0.15) is 0 Å². The smallest absolute Gasteiger partial charge is 0.109 e. The van der Waals surface area contributed by atoms with E-state index in [-0.39, 0.29) is 0 Å². The van der Waals surface area contributed by atoms with Gasteiger partial charge >= 0.3 is 0 Å². The summed E-state index contributed by atoms with van der Waals surface area (Å²) in [4.78, 5) is 9.22. The van der Waals surface area contributed by atoms with Crippen LogP contribution in [0.4, 0.5) is 0 Å². The second-order valence-electron chi connectivity index (χ2n) is 4.91. The van der Waals surface area contributed by atoms with Crippen molar-refractivity contribution in [3.63, 3.8) is 0 Å². The van der Waals surface area contributed by atoms with E-state index in [2.05, 4.69) is 38.0 Å². The lowest BCUT2D eigenvalue weighted by atomic mass is 9.86. The molecular formula is C13H16BrN3S. The van der Waals surface area contributed by atoms with Crippen molar-refractivity contribution in [1.29, 1.82) is 0 Å². The lowest BCUT2D eigenvalue weighted by Crippen LogP contribution is -2.27. The summed E-state index contributed by atoms with van der Waals surface area (Å²) >= 11 is 5.21. The number of aromatic amines is 1. The quantitative estimate of drug-likeness (QED) is 0.880. The zero-order chi connectivity index (χ0) is 12.5. The molecule has 96 valence electrons. The highest BCUT2D eigenvalue weighted by atomic mass is 79.9. The summed E-state index contributed by atoms with van der Waals surface area (Å²) < 4.78 is 1.15. The number of H-pyrrole nitrogens is 1. The van der Waals surface area contributed by atoms with Gasteiger partial charge in [0.25, 0.3) is 0 Å². The SMILES string of the molecule is NC1CCCC(c2ncc(-c3ccc(Br)s3)[nH]2)C1. The Bertz CT molecular complexity index is 534. The predicted molar refractivity (Wildman–Crippen MR) is 78.8 cm³/mol. The number of halogens is 1. The van der Waals surface area contributed by atoms with Gasteiger partial charge < -0.3 is 10.7 Å². The molecule has 0 bridgehead atoms. The van der Waals surface area contributed by atoms with E-state index in [9.17, 15) is 0 Å². The summed E-state index contributed by atoms with van der Waals surface area (Å²) in [6, 6.07) is 4.52. The van der Waals surface area contributed by atoms with Crippen LogP contribution < -0.4 is 5.73 Å². The molecular weight excluding hydrogens is 310 g/mol. The predicted octanol–water partition coefficient (Wildman–Crippen LogP) is 3.89. The molecule has 5 heteroatoms. The number of aromatic nitrogens is 2. The van der Waals surface area contributed by atoms with Crippen molar-refractivity contribution in [2.24, 2.45) is 5.73 Å². The van der Waals surface area contributed by atoms with E-state index >= 15 is 0 Å². The Morgan fingerprint density at radius 2 is 2.28 bits per heavy atom. The Labute approximate surface area is 119 Å². The summed E-state index contributed by atoms with van der Waals surface area (Å²) in [6.45, 7) is 0. The summed E-state index contributed by atoms with van der Waals surface area (Å²) in [6.07, 6.45) is 6.57. The van der Waals surface area contributed by atoms with Crippen LogP contribution >= 0.6 is 27.3 Å². The molecule has 2 heterocycles. The molecule has 0 aromatic carbocycles. The number of nitrogens with one attached hydrogen (secondary N) is 1. The van der Waals surface area contributed by atoms with Crippen LogP contribution in [0, 0.1) is 0 Å². The van der Waals surface area contributed by atoms with Gasteiger partial charge in [-0.15, -0.1) is 11.3 Å². The number of imidazole rings is 1. The highest BCUT2D eigenvalue weighted by molar-refractivity contribution is 9.11. The molecule has 3 nitrogen and oxygen atoms in total. The van der Waals surface area contributed by atoms with Gasteiger partial charge in [-0.05, 0) is 47.3 Å². The van der Waals surface area contributed by atoms with Crippen molar-refractivity contribution in [2.45, 2.75) is 37.6 Å². The minimum atomic E-state index is 0.341. The molecule has 1 saturated carbocycles. The lowest BCUT2D eigenvalue weighted by Gasteiger charge is -2.24. The van der Waals surface area contributed by atoms with Crippen LogP contribution in [0.3, 0.4) is 0 Å². The molecule has 0 spiro atoms. The van der Waals surface area contributed by atoms with Crippen LogP contribution in [0.1, 0.15) is 37.4 Å². The maximum Gasteiger partial charge on any atom is 0.109 e. The minimum Gasteiger partial charge on any atom is -0.341 e. The molecule has 0 aliphatic heterocycles. The second kappa shape index (κ2) is 5.15. The third-order valence-electron chi connectivity index (χ3n) is 3.54. The first-order valence-electron chi connectivity index (χ1n) is 6.28. The molecule has 2 atom stereocenters. The molecule has 0 saturated heterocycles. The standard InChI is InChI=1S/C13H16BrN3S/c14-12-5-4-11(18-12)10-7-16-13(17-10)8-2-1-3-9(15)6-8/h4-5,7-9H,1-3,6,15H2,(H,16,17). The monoisotopic (exact) mass is 325 g/mol. The van der Waals surface area contributed by atoms with Gasteiger partial charge in [0, 0.05) is 12.0 Å². The summed E-state index contributed by atoms with van der Waals surface area (Å²) in [5, 5.41) is 0. The second-order valence-corrected chi connectivity index (χ2v) is 7.37. The van der Waals surface area contributed by atoms with Gasteiger partial charge in [-0.3, -0.25) is 0 Å². The zero-order valence-corrected chi connectivity index (χ0v) is 12.4. The number of thiophene rings is 1. The van der Waals surface area contributed by atoms with Crippen molar-refractivity contribution in [1.82, 2.24) is 9.97 Å². The summed E-state index contributed by atoms with van der Waals surface area (Å²) in [5.41, 5.74) is 7.15. The van der Waals surface area contributed by atoms with Gasteiger partial charge in [0.05, 0.1) is 20.6 Å². The van der Waals surface area contributed by atoms with Crippen molar-refractivity contribution in [2.75, 3.05) is 0 Å². The average molecular weight is 326 g/mol. The van der Waals surface area contributed by atoms with E-state index in [1.54, 1.807) is 11.3 Å². The highest BCUT2D eigenvalue weighted by Crippen LogP contribution is 2.34. The number of hydrogen-bond donors (Lipinski definition) is 2. The van der Waals surface area contributed by atoms with Crippen LogP contribution in [-0.4, -0.2) is 16.0 Å². The third-order valence-corrected chi connectivity index (χ3v) is 5.19. The van der Waals surface area contributed by atoms with E-state index in [0.29, 0.717) is 12.0 Å². The first-order valence-corrected chi connectivity index (χ1v) is 7.89. The Balaban J connectivity index is 1.80. The molecule has 1 fully saturated rings. The van der Waals surface area contributed by atoms with E-state index in [0.717, 1.165) is 28.1 Å². The fourth-order valence-corrected chi connectivity index (χ4v) is 3.96. The Morgan fingerprint density at radius 1 is 1.39 bits per heavy atom.